The van der Waals surface area contributed by atoms with E-state index in [0.29, 0.717) is 31.6 Å². The maximum Gasteiger partial charge on any atom is 0.162 e. The number of nitrogens with two attached hydrogens (primary N) is 2. The highest BCUT2D eigenvalue weighted by atomic mass is 32.2. The van der Waals surface area contributed by atoms with Crippen molar-refractivity contribution in [3.63, 3.8) is 0 Å². The van der Waals surface area contributed by atoms with Crippen LogP contribution >= 0.6 is 11.8 Å². The first-order chi connectivity index (χ1) is 10.7. The lowest BCUT2D eigenvalue weighted by Gasteiger charge is -2.14. The average molecular weight is 324 g/mol. The normalized spacial score (nSPS) is 16.6. The van der Waals surface area contributed by atoms with Crippen LogP contribution in [0.3, 0.4) is 0 Å². The van der Waals surface area contributed by atoms with Crippen LogP contribution in [0.25, 0.3) is 0 Å². The van der Waals surface area contributed by atoms with Crippen molar-refractivity contribution >= 4 is 11.8 Å². The summed E-state index contributed by atoms with van der Waals surface area (Å²) in [5.74, 6) is 1.74. The average Bonchev–Trinajstić information content (AvgIpc) is 2.87. The van der Waals surface area contributed by atoms with Gasteiger partial charge in [0.25, 0.3) is 0 Å². The second-order valence-electron chi connectivity index (χ2n) is 5.73. The molecule has 1 heterocycles. The molecule has 0 spiro atoms. The van der Waals surface area contributed by atoms with Crippen molar-refractivity contribution in [2.75, 3.05) is 26.3 Å². The molecular weight excluding hydrogens is 296 g/mol. The van der Waals surface area contributed by atoms with Crippen molar-refractivity contribution in [1.82, 2.24) is 0 Å². The summed E-state index contributed by atoms with van der Waals surface area (Å²) in [4.78, 5) is 1.33. The number of hydrogen-bond donors (Lipinski definition) is 2. The molecule has 2 rings (SSSR count). The van der Waals surface area contributed by atoms with Crippen molar-refractivity contribution in [2.24, 2.45) is 11.5 Å². The molecule has 0 aliphatic carbocycles. The highest BCUT2D eigenvalue weighted by Gasteiger charge is 2.22. The van der Waals surface area contributed by atoms with Gasteiger partial charge in [0.2, 0.25) is 0 Å². The van der Waals surface area contributed by atoms with Gasteiger partial charge in [-0.15, -0.1) is 11.8 Å². The zero-order valence-electron chi connectivity index (χ0n) is 13.5. The van der Waals surface area contributed by atoms with Gasteiger partial charge in [0.1, 0.15) is 0 Å². The minimum absolute atomic E-state index is 0.632. The van der Waals surface area contributed by atoms with E-state index in [1.54, 1.807) is 0 Å². The molecule has 124 valence electrons. The SMILES string of the molecule is CC1Cc2cc(OCCCCN)c(OCCCCN)cc2S1. The maximum atomic E-state index is 5.94. The zero-order valence-corrected chi connectivity index (χ0v) is 14.3. The Morgan fingerprint density at radius 1 is 1.00 bits per heavy atom. The molecule has 1 atom stereocenters. The van der Waals surface area contributed by atoms with E-state index in [1.165, 1.54) is 10.5 Å². The molecule has 0 aromatic heterocycles. The molecule has 5 heteroatoms. The third-order valence-electron chi connectivity index (χ3n) is 3.67. The summed E-state index contributed by atoms with van der Waals surface area (Å²) < 4.78 is 11.9. The van der Waals surface area contributed by atoms with Crippen LogP contribution < -0.4 is 20.9 Å². The van der Waals surface area contributed by atoms with E-state index >= 15 is 0 Å². The van der Waals surface area contributed by atoms with Crippen molar-refractivity contribution in [2.45, 2.75) is 49.2 Å². The summed E-state index contributed by atoms with van der Waals surface area (Å²) in [6.45, 7) is 5.06. The predicted octanol–water partition coefficient (Wildman–Crippen LogP) is 2.96. The van der Waals surface area contributed by atoms with Crippen molar-refractivity contribution in [3.8, 4) is 11.5 Å². The number of thioether (sulfide) groups is 1. The fraction of sp³-hybridized carbons (Fsp3) is 0.647. The monoisotopic (exact) mass is 324 g/mol. The third kappa shape index (κ3) is 5.07. The lowest BCUT2D eigenvalue weighted by molar-refractivity contribution is 0.260. The molecule has 0 radical (unpaired) electrons. The third-order valence-corrected chi connectivity index (χ3v) is 4.88. The first-order valence-corrected chi connectivity index (χ1v) is 9.12. The van der Waals surface area contributed by atoms with Gasteiger partial charge in [0.05, 0.1) is 13.2 Å². The number of ether oxygens (including phenoxy) is 2. The Bertz CT molecular complexity index is 427. The van der Waals surface area contributed by atoms with Crippen LogP contribution in [0.4, 0.5) is 0 Å². The van der Waals surface area contributed by atoms with Crippen LogP contribution in [0, 0.1) is 0 Å². The van der Waals surface area contributed by atoms with Crippen LogP contribution in [0.1, 0.15) is 38.2 Å². The van der Waals surface area contributed by atoms with E-state index in [-0.39, 0.29) is 0 Å². The fourth-order valence-electron chi connectivity index (χ4n) is 2.50. The molecule has 0 saturated carbocycles. The van der Waals surface area contributed by atoms with Gasteiger partial charge >= 0.3 is 0 Å². The number of unbranched alkanes of at least 4 members (excludes halogenated alkanes) is 2. The Morgan fingerprint density at radius 3 is 2.18 bits per heavy atom. The standard InChI is InChI=1S/C17H28N2O2S/c1-13-10-14-11-15(20-8-4-2-6-18)16(12-17(14)22-13)21-9-5-3-7-19/h11-13H,2-10,18-19H2,1H3. The van der Waals surface area contributed by atoms with Gasteiger partial charge in [0, 0.05) is 10.1 Å². The van der Waals surface area contributed by atoms with E-state index in [4.69, 9.17) is 20.9 Å². The van der Waals surface area contributed by atoms with Gasteiger partial charge in [0.15, 0.2) is 11.5 Å². The summed E-state index contributed by atoms with van der Waals surface area (Å²) in [7, 11) is 0. The molecule has 4 nitrogen and oxygen atoms in total. The quantitative estimate of drug-likeness (QED) is 0.648. The Morgan fingerprint density at radius 2 is 1.59 bits per heavy atom. The van der Waals surface area contributed by atoms with Crippen LogP contribution in [0.5, 0.6) is 11.5 Å². The Kier molecular flexibility index (Phi) is 7.36. The number of hydrogen-bond acceptors (Lipinski definition) is 5. The molecule has 0 saturated heterocycles. The number of benzene rings is 1. The smallest absolute Gasteiger partial charge is 0.162 e. The van der Waals surface area contributed by atoms with Gasteiger partial charge in [-0.2, -0.15) is 0 Å². The van der Waals surface area contributed by atoms with Gasteiger partial charge < -0.3 is 20.9 Å². The lowest BCUT2D eigenvalue weighted by Crippen LogP contribution is -2.07. The second kappa shape index (κ2) is 9.28. The van der Waals surface area contributed by atoms with E-state index in [9.17, 15) is 0 Å². The minimum atomic E-state index is 0.632. The van der Waals surface area contributed by atoms with Crippen LogP contribution in [-0.4, -0.2) is 31.6 Å². The second-order valence-corrected chi connectivity index (χ2v) is 7.21. The summed E-state index contributed by atoms with van der Waals surface area (Å²) in [6.07, 6.45) is 5.04. The first kappa shape index (κ1) is 17.4. The summed E-state index contributed by atoms with van der Waals surface area (Å²) in [5, 5.41) is 0.632. The number of fused-ring (bicyclic) bond motifs is 1. The molecule has 1 unspecified atom stereocenters. The minimum Gasteiger partial charge on any atom is -0.490 e. The predicted molar refractivity (Wildman–Crippen MR) is 93.0 cm³/mol. The zero-order chi connectivity index (χ0) is 15.8. The molecule has 1 aromatic rings. The maximum absolute atomic E-state index is 5.94. The van der Waals surface area contributed by atoms with E-state index in [1.807, 2.05) is 11.8 Å². The van der Waals surface area contributed by atoms with Crippen molar-refractivity contribution in [3.05, 3.63) is 17.7 Å². The molecule has 0 bridgehead atoms. The molecule has 22 heavy (non-hydrogen) atoms. The molecule has 1 aliphatic heterocycles. The molecule has 1 aromatic carbocycles. The Labute approximate surface area is 137 Å². The summed E-state index contributed by atoms with van der Waals surface area (Å²) in [6, 6.07) is 4.30. The van der Waals surface area contributed by atoms with E-state index < -0.39 is 0 Å². The Balaban J connectivity index is 2.01. The lowest BCUT2D eigenvalue weighted by atomic mass is 10.1. The topological polar surface area (TPSA) is 70.5 Å². The largest absolute Gasteiger partial charge is 0.490 e. The van der Waals surface area contributed by atoms with Gasteiger partial charge in [-0.1, -0.05) is 6.92 Å². The van der Waals surface area contributed by atoms with Gasteiger partial charge in [-0.05, 0) is 62.9 Å². The molecule has 1 aliphatic rings. The molecule has 0 amide bonds. The molecular formula is C17H28N2O2S. The van der Waals surface area contributed by atoms with Crippen LogP contribution in [0.2, 0.25) is 0 Å². The summed E-state index contributed by atoms with van der Waals surface area (Å²) >= 11 is 1.92. The van der Waals surface area contributed by atoms with Gasteiger partial charge in [-0.25, -0.2) is 0 Å². The number of rotatable bonds is 10. The van der Waals surface area contributed by atoms with Crippen molar-refractivity contribution in [1.29, 1.82) is 0 Å². The van der Waals surface area contributed by atoms with E-state index in [0.717, 1.165) is 43.6 Å². The fourth-order valence-corrected chi connectivity index (χ4v) is 3.67. The van der Waals surface area contributed by atoms with Gasteiger partial charge in [-0.3, -0.25) is 0 Å². The van der Waals surface area contributed by atoms with Crippen LogP contribution in [-0.2, 0) is 6.42 Å². The first-order valence-electron chi connectivity index (χ1n) is 8.24. The molecule has 0 fully saturated rings. The molecule has 4 N–H and O–H groups in total. The van der Waals surface area contributed by atoms with Crippen molar-refractivity contribution < 1.29 is 9.47 Å². The van der Waals surface area contributed by atoms with Crippen LogP contribution in [0.15, 0.2) is 17.0 Å². The van der Waals surface area contributed by atoms with E-state index in [2.05, 4.69) is 19.1 Å². The Hall–Kier alpha value is -0.910. The summed E-state index contributed by atoms with van der Waals surface area (Å²) in [5.41, 5.74) is 12.4. The highest BCUT2D eigenvalue weighted by Crippen LogP contribution is 2.43. The highest BCUT2D eigenvalue weighted by molar-refractivity contribution is 8.00.